The minimum atomic E-state index is -1.05. The minimum absolute atomic E-state index is 0.0622. The number of hydrogen-bond acceptors (Lipinski definition) is 5. The highest BCUT2D eigenvalue weighted by Crippen LogP contribution is 2.51. The number of carboxylic acid groups (broad SMARTS) is 1. The van der Waals surface area contributed by atoms with Gasteiger partial charge in [0.1, 0.15) is 5.56 Å². The summed E-state index contributed by atoms with van der Waals surface area (Å²) in [5, 5.41) is 14.7. The number of carbonyl (C=O) groups is 1. The van der Waals surface area contributed by atoms with Crippen molar-refractivity contribution >= 4 is 17.0 Å². The van der Waals surface area contributed by atoms with Crippen LogP contribution in [0, 0.1) is 0 Å². The van der Waals surface area contributed by atoms with Crippen molar-refractivity contribution in [1.82, 2.24) is 14.8 Å². The maximum atomic E-state index is 11.5. The summed E-state index contributed by atoms with van der Waals surface area (Å²) in [5.74, 6) is -0.935. The zero-order valence-corrected chi connectivity index (χ0v) is 14.1. The van der Waals surface area contributed by atoms with Gasteiger partial charge in [-0.15, -0.1) is 0 Å². The van der Waals surface area contributed by atoms with Crippen molar-refractivity contribution in [2.75, 3.05) is 6.61 Å². The average molecular weight is 331 g/mol. The van der Waals surface area contributed by atoms with Gasteiger partial charge in [-0.05, 0) is 39.7 Å². The van der Waals surface area contributed by atoms with E-state index in [1.807, 2.05) is 24.7 Å². The monoisotopic (exact) mass is 331 g/mol. The van der Waals surface area contributed by atoms with Crippen LogP contribution < -0.4 is 4.74 Å². The zero-order chi connectivity index (χ0) is 17.1. The highest BCUT2D eigenvalue weighted by Gasteiger charge is 2.54. The molecule has 2 aromatic heterocycles. The fourth-order valence-corrected chi connectivity index (χ4v) is 3.84. The molecule has 24 heavy (non-hydrogen) atoms. The van der Waals surface area contributed by atoms with E-state index in [4.69, 9.17) is 9.47 Å². The number of fused-ring (bicyclic) bond motifs is 3. The smallest absolute Gasteiger partial charge is 0.341 e. The number of aromatic nitrogens is 3. The van der Waals surface area contributed by atoms with Crippen molar-refractivity contribution in [2.24, 2.45) is 0 Å². The summed E-state index contributed by atoms with van der Waals surface area (Å²) < 4.78 is 13.4. The summed E-state index contributed by atoms with van der Waals surface area (Å²) in [5.41, 5.74) is 0.361. The molecule has 2 bridgehead atoms. The van der Waals surface area contributed by atoms with E-state index >= 15 is 0 Å². The SMILES string of the molecule is CC(C)Oc1nc2nn(C34CCC(C)(C3)OC4)cc2cc1C(=O)O. The number of carboxylic acids is 1. The minimum Gasteiger partial charge on any atom is -0.477 e. The molecule has 7 heteroatoms. The third-order valence-corrected chi connectivity index (χ3v) is 5.03. The first kappa shape index (κ1) is 15.4. The van der Waals surface area contributed by atoms with Crippen molar-refractivity contribution < 1.29 is 19.4 Å². The molecule has 2 unspecified atom stereocenters. The summed E-state index contributed by atoms with van der Waals surface area (Å²) in [6, 6.07) is 1.59. The van der Waals surface area contributed by atoms with E-state index in [0.717, 1.165) is 19.3 Å². The number of nitrogens with zero attached hydrogens (tertiary/aromatic N) is 3. The van der Waals surface area contributed by atoms with Crippen LogP contribution >= 0.6 is 0 Å². The van der Waals surface area contributed by atoms with E-state index in [2.05, 4.69) is 17.0 Å². The third kappa shape index (κ3) is 2.26. The standard InChI is InChI=1S/C17H21N3O4/c1-10(2)24-14-12(15(21)22)6-11-7-20(19-13(11)18-14)17-5-4-16(3,8-17)23-9-17/h6-7,10H,4-5,8-9H2,1-3H3,(H,21,22). The largest absolute Gasteiger partial charge is 0.477 e. The van der Waals surface area contributed by atoms with Crippen molar-refractivity contribution in [3.8, 4) is 5.88 Å². The van der Waals surface area contributed by atoms with Crippen molar-refractivity contribution in [2.45, 2.75) is 57.3 Å². The molecule has 1 saturated carbocycles. The highest BCUT2D eigenvalue weighted by molar-refractivity contribution is 5.94. The number of rotatable bonds is 4. The van der Waals surface area contributed by atoms with Crippen LogP contribution in [0.3, 0.4) is 0 Å². The molecular formula is C17H21N3O4. The van der Waals surface area contributed by atoms with Gasteiger partial charge in [-0.25, -0.2) is 4.79 Å². The lowest BCUT2D eigenvalue weighted by molar-refractivity contribution is -0.0149. The summed E-state index contributed by atoms with van der Waals surface area (Å²) in [7, 11) is 0. The lowest BCUT2D eigenvalue weighted by Gasteiger charge is -2.26. The molecule has 1 N–H and O–H groups in total. The second-order valence-corrected chi connectivity index (χ2v) is 7.44. The maximum Gasteiger partial charge on any atom is 0.341 e. The second kappa shape index (κ2) is 4.92. The van der Waals surface area contributed by atoms with E-state index in [1.165, 1.54) is 0 Å². The van der Waals surface area contributed by atoms with Crippen molar-refractivity contribution in [3.63, 3.8) is 0 Å². The van der Waals surface area contributed by atoms with Gasteiger partial charge in [0.25, 0.3) is 0 Å². The van der Waals surface area contributed by atoms with E-state index in [9.17, 15) is 9.90 Å². The first-order valence-corrected chi connectivity index (χ1v) is 8.25. The molecule has 4 rings (SSSR count). The maximum absolute atomic E-state index is 11.5. The van der Waals surface area contributed by atoms with Crippen LogP contribution in [-0.2, 0) is 10.3 Å². The van der Waals surface area contributed by atoms with Gasteiger partial charge in [-0.2, -0.15) is 10.1 Å². The Bertz CT molecular complexity index is 819. The molecule has 3 heterocycles. The molecule has 2 atom stereocenters. The fourth-order valence-electron chi connectivity index (χ4n) is 3.84. The number of aromatic carboxylic acids is 1. The lowest BCUT2D eigenvalue weighted by Crippen LogP contribution is -2.33. The molecule has 2 fully saturated rings. The number of pyridine rings is 1. The molecule has 128 valence electrons. The molecule has 0 radical (unpaired) electrons. The average Bonchev–Trinajstić information content (AvgIpc) is 3.15. The molecule has 1 aliphatic carbocycles. The Kier molecular flexibility index (Phi) is 3.16. The molecule has 7 nitrogen and oxygen atoms in total. The van der Waals surface area contributed by atoms with E-state index in [1.54, 1.807) is 6.07 Å². The Morgan fingerprint density at radius 2 is 2.25 bits per heavy atom. The zero-order valence-electron chi connectivity index (χ0n) is 14.1. The summed E-state index contributed by atoms with van der Waals surface area (Å²) >= 11 is 0. The van der Waals surface area contributed by atoms with Crippen LogP contribution in [0.15, 0.2) is 12.3 Å². The molecule has 1 aliphatic heterocycles. The Morgan fingerprint density at radius 3 is 2.79 bits per heavy atom. The predicted molar refractivity (Wildman–Crippen MR) is 86.4 cm³/mol. The molecule has 0 amide bonds. The van der Waals surface area contributed by atoms with E-state index in [0.29, 0.717) is 17.6 Å². The summed E-state index contributed by atoms with van der Waals surface area (Å²) in [4.78, 5) is 15.9. The molecule has 0 aromatic carbocycles. The molecular weight excluding hydrogens is 310 g/mol. The van der Waals surface area contributed by atoms with Crippen LogP contribution in [0.1, 0.15) is 50.4 Å². The normalized spacial score (nSPS) is 28.8. The van der Waals surface area contributed by atoms with Gasteiger partial charge in [-0.3, -0.25) is 4.68 Å². The van der Waals surface area contributed by atoms with Crippen molar-refractivity contribution in [3.05, 3.63) is 17.8 Å². The van der Waals surface area contributed by atoms with Gasteiger partial charge in [0.05, 0.1) is 23.9 Å². The van der Waals surface area contributed by atoms with Crippen LogP contribution in [0.4, 0.5) is 0 Å². The van der Waals surface area contributed by atoms with Crippen LogP contribution in [-0.4, -0.2) is 44.2 Å². The Hall–Kier alpha value is -2.15. The Balaban J connectivity index is 1.80. The van der Waals surface area contributed by atoms with Crippen LogP contribution in [0.25, 0.3) is 11.0 Å². The second-order valence-electron chi connectivity index (χ2n) is 7.44. The highest BCUT2D eigenvalue weighted by atomic mass is 16.5. The number of ether oxygens (including phenoxy) is 2. The van der Waals surface area contributed by atoms with Crippen LogP contribution in [0.5, 0.6) is 5.88 Å². The van der Waals surface area contributed by atoms with Gasteiger partial charge in [0.15, 0.2) is 5.65 Å². The lowest BCUT2D eigenvalue weighted by atomic mass is 9.99. The fraction of sp³-hybridized carbons (Fsp3) is 0.588. The quantitative estimate of drug-likeness (QED) is 0.926. The van der Waals surface area contributed by atoms with Gasteiger partial charge in [0.2, 0.25) is 5.88 Å². The first-order chi connectivity index (χ1) is 11.3. The van der Waals surface area contributed by atoms with Gasteiger partial charge in [-0.1, -0.05) is 0 Å². The van der Waals surface area contributed by atoms with E-state index < -0.39 is 5.97 Å². The summed E-state index contributed by atoms with van der Waals surface area (Å²) in [6.07, 6.45) is 4.67. The molecule has 2 aliphatic rings. The van der Waals surface area contributed by atoms with Gasteiger partial charge in [0, 0.05) is 18.0 Å². The molecule has 0 spiro atoms. The number of hydrogen-bond donors (Lipinski definition) is 1. The Morgan fingerprint density at radius 1 is 1.46 bits per heavy atom. The Labute approximate surface area is 139 Å². The van der Waals surface area contributed by atoms with E-state index in [-0.39, 0.29) is 28.7 Å². The van der Waals surface area contributed by atoms with Gasteiger partial charge >= 0.3 is 5.97 Å². The first-order valence-electron chi connectivity index (χ1n) is 8.25. The molecule has 1 saturated heterocycles. The van der Waals surface area contributed by atoms with Gasteiger partial charge < -0.3 is 14.6 Å². The van der Waals surface area contributed by atoms with Crippen molar-refractivity contribution in [1.29, 1.82) is 0 Å². The summed E-state index contributed by atoms with van der Waals surface area (Å²) in [6.45, 7) is 6.45. The topological polar surface area (TPSA) is 86.5 Å². The molecule has 2 aromatic rings. The predicted octanol–water partition coefficient (Wildman–Crippen LogP) is 2.58. The van der Waals surface area contributed by atoms with Crippen LogP contribution in [0.2, 0.25) is 0 Å². The third-order valence-electron chi connectivity index (χ3n) is 5.03.